The summed E-state index contributed by atoms with van der Waals surface area (Å²) in [6, 6.07) is 15.2. The number of carbonyl (C=O) groups excluding carboxylic acids is 1. The Hall–Kier alpha value is -2.33. The molecule has 0 aliphatic heterocycles. The molecule has 5 heteroatoms. The molecule has 0 unspecified atom stereocenters. The minimum atomic E-state index is -0.154. The minimum Gasteiger partial charge on any atom is -0.352 e. The number of hydrogen-bond donors (Lipinski definition) is 1. The number of rotatable bonds is 6. The third-order valence-corrected chi connectivity index (χ3v) is 4.26. The molecule has 0 aliphatic rings. The number of imidazole rings is 1. The van der Waals surface area contributed by atoms with Crippen LogP contribution in [0.25, 0.3) is 11.0 Å². The molecule has 0 aliphatic carbocycles. The van der Waals surface area contributed by atoms with E-state index in [4.69, 9.17) is 16.6 Å². The maximum absolute atomic E-state index is 12.2. The van der Waals surface area contributed by atoms with Crippen molar-refractivity contribution in [1.82, 2.24) is 14.9 Å². The number of hydrogen-bond acceptors (Lipinski definition) is 2. The van der Waals surface area contributed by atoms with Gasteiger partial charge < -0.3 is 9.88 Å². The van der Waals surface area contributed by atoms with Gasteiger partial charge >= 0.3 is 0 Å². The molecule has 0 saturated carbocycles. The van der Waals surface area contributed by atoms with Crippen LogP contribution < -0.4 is 5.32 Å². The van der Waals surface area contributed by atoms with Gasteiger partial charge in [-0.1, -0.05) is 42.8 Å². The second-order valence-corrected chi connectivity index (χ2v) is 6.06. The average molecular weight is 342 g/mol. The van der Waals surface area contributed by atoms with E-state index < -0.39 is 0 Å². The lowest BCUT2D eigenvalue weighted by Gasteiger charge is -2.09. The van der Waals surface area contributed by atoms with Crippen LogP contribution in [0.2, 0.25) is 5.02 Å². The zero-order chi connectivity index (χ0) is 16.9. The highest BCUT2D eigenvalue weighted by Gasteiger charge is 2.12. The largest absolute Gasteiger partial charge is 0.352 e. The smallest absolute Gasteiger partial charge is 0.252 e. The predicted molar refractivity (Wildman–Crippen MR) is 97.5 cm³/mol. The quantitative estimate of drug-likeness (QED) is 0.734. The molecule has 24 heavy (non-hydrogen) atoms. The summed E-state index contributed by atoms with van der Waals surface area (Å²) in [7, 11) is 0. The molecule has 3 aromatic rings. The second-order valence-electron chi connectivity index (χ2n) is 5.65. The number of carbonyl (C=O) groups is 1. The third-order valence-electron chi connectivity index (χ3n) is 3.93. The van der Waals surface area contributed by atoms with Crippen LogP contribution in [0.5, 0.6) is 0 Å². The van der Waals surface area contributed by atoms with Crippen molar-refractivity contribution in [3.8, 4) is 0 Å². The van der Waals surface area contributed by atoms with Crippen molar-refractivity contribution in [2.24, 2.45) is 0 Å². The molecule has 0 atom stereocenters. The Labute approximate surface area is 146 Å². The average Bonchev–Trinajstić information content (AvgIpc) is 2.93. The molecule has 1 aromatic heterocycles. The molecular formula is C19H20ClN3O. The summed E-state index contributed by atoms with van der Waals surface area (Å²) in [5.74, 6) is 0.844. The first kappa shape index (κ1) is 16.5. The summed E-state index contributed by atoms with van der Waals surface area (Å²) in [6.07, 6.45) is 1.73. The Morgan fingerprint density at radius 1 is 1.17 bits per heavy atom. The van der Waals surface area contributed by atoms with Gasteiger partial charge in [0.15, 0.2) is 0 Å². The standard InChI is InChI=1S/C19H20ClN3O/c1-2-13-23-17-10-6-5-9-16(17)22-18(23)11-12-21-19(24)14-7-3-4-8-15(14)20/h3-10H,2,11-13H2,1H3,(H,21,24). The highest BCUT2D eigenvalue weighted by atomic mass is 35.5. The number of nitrogens with one attached hydrogen (secondary N) is 1. The van der Waals surface area contributed by atoms with Crippen LogP contribution in [0.4, 0.5) is 0 Å². The molecule has 1 amide bonds. The first-order valence-corrected chi connectivity index (χ1v) is 8.55. The van der Waals surface area contributed by atoms with Crippen molar-refractivity contribution in [3.63, 3.8) is 0 Å². The minimum absolute atomic E-state index is 0.154. The maximum Gasteiger partial charge on any atom is 0.252 e. The van der Waals surface area contributed by atoms with Crippen molar-refractivity contribution < 1.29 is 4.79 Å². The molecule has 0 radical (unpaired) electrons. The summed E-state index contributed by atoms with van der Waals surface area (Å²) in [4.78, 5) is 16.9. The van der Waals surface area contributed by atoms with Crippen LogP contribution in [-0.2, 0) is 13.0 Å². The van der Waals surface area contributed by atoms with Gasteiger partial charge in [0.05, 0.1) is 21.6 Å². The van der Waals surface area contributed by atoms with Gasteiger partial charge in [-0.3, -0.25) is 4.79 Å². The molecule has 1 N–H and O–H groups in total. The van der Waals surface area contributed by atoms with Crippen LogP contribution in [0.3, 0.4) is 0 Å². The lowest BCUT2D eigenvalue weighted by atomic mass is 10.2. The highest BCUT2D eigenvalue weighted by Crippen LogP contribution is 2.17. The molecule has 2 aromatic carbocycles. The molecule has 1 heterocycles. The van der Waals surface area contributed by atoms with E-state index in [2.05, 4.69) is 22.9 Å². The molecule has 0 saturated heterocycles. The number of halogens is 1. The SMILES string of the molecule is CCCn1c(CCNC(=O)c2ccccc2Cl)nc2ccccc21. The summed E-state index contributed by atoms with van der Waals surface area (Å²) in [6.45, 7) is 3.60. The van der Waals surface area contributed by atoms with Crippen molar-refractivity contribution >= 4 is 28.5 Å². The fraction of sp³-hybridized carbons (Fsp3) is 0.263. The Bertz CT molecular complexity index is 857. The number of benzene rings is 2. The molecular weight excluding hydrogens is 322 g/mol. The van der Waals surface area contributed by atoms with Crippen molar-refractivity contribution in [2.75, 3.05) is 6.54 Å². The van der Waals surface area contributed by atoms with E-state index in [-0.39, 0.29) is 5.91 Å². The summed E-state index contributed by atoms with van der Waals surface area (Å²) < 4.78 is 2.23. The summed E-state index contributed by atoms with van der Waals surface area (Å²) >= 11 is 6.06. The van der Waals surface area contributed by atoms with Gasteiger partial charge in [0.2, 0.25) is 0 Å². The molecule has 0 fully saturated rings. The van der Waals surface area contributed by atoms with Gasteiger partial charge in [-0.05, 0) is 30.7 Å². The van der Waals surface area contributed by atoms with E-state index in [1.807, 2.05) is 30.3 Å². The van der Waals surface area contributed by atoms with Gasteiger partial charge in [-0.15, -0.1) is 0 Å². The van der Waals surface area contributed by atoms with E-state index in [1.54, 1.807) is 12.1 Å². The zero-order valence-corrected chi connectivity index (χ0v) is 14.4. The lowest BCUT2D eigenvalue weighted by Crippen LogP contribution is -2.26. The third kappa shape index (κ3) is 3.44. The van der Waals surface area contributed by atoms with Gasteiger partial charge in [-0.2, -0.15) is 0 Å². The van der Waals surface area contributed by atoms with Crippen molar-refractivity contribution in [2.45, 2.75) is 26.3 Å². The van der Waals surface area contributed by atoms with Crippen LogP contribution in [0.1, 0.15) is 29.5 Å². The zero-order valence-electron chi connectivity index (χ0n) is 13.6. The van der Waals surface area contributed by atoms with Crippen LogP contribution in [0.15, 0.2) is 48.5 Å². The maximum atomic E-state index is 12.2. The van der Waals surface area contributed by atoms with Gasteiger partial charge in [0.1, 0.15) is 5.82 Å². The first-order valence-electron chi connectivity index (χ1n) is 8.17. The van der Waals surface area contributed by atoms with Gasteiger partial charge in [-0.25, -0.2) is 4.98 Å². The van der Waals surface area contributed by atoms with E-state index in [0.717, 1.165) is 29.8 Å². The number of amides is 1. The van der Waals surface area contributed by atoms with E-state index >= 15 is 0 Å². The second kappa shape index (κ2) is 7.49. The normalized spacial score (nSPS) is 10.9. The molecule has 124 valence electrons. The Morgan fingerprint density at radius 3 is 2.71 bits per heavy atom. The topological polar surface area (TPSA) is 46.9 Å². The van der Waals surface area contributed by atoms with Crippen molar-refractivity contribution in [3.05, 3.63) is 64.9 Å². The Kier molecular flexibility index (Phi) is 5.16. The van der Waals surface area contributed by atoms with Crippen LogP contribution in [0, 0.1) is 0 Å². The Balaban J connectivity index is 1.71. The first-order chi connectivity index (χ1) is 11.7. The number of nitrogens with zero attached hydrogens (tertiary/aromatic N) is 2. The number of para-hydroxylation sites is 2. The predicted octanol–water partition coefficient (Wildman–Crippen LogP) is 4.07. The fourth-order valence-corrected chi connectivity index (χ4v) is 3.04. The molecule has 3 rings (SSSR count). The molecule has 0 spiro atoms. The van der Waals surface area contributed by atoms with Crippen molar-refractivity contribution in [1.29, 1.82) is 0 Å². The Morgan fingerprint density at radius 2 is 1.92 bits per heavy atom. The van der Waals surface area contributed by atoms with E-state index in [0.29, 0.717) is 23.6 Å². The van der Waals surface area contributed by atoms with Gasteiger partial charge in [0, 0.05) is 19.5 Å². The van der Waals surface area contributed by atoms with Crippen LogP contribution >= 0.6 is 11.6 Å². The number of aromatic nitrogens is 2. The van der Waals surface area contributed by atoms with Gasteiger partial charge in [0.25, 0.3) is 5.91 Å². The number of fused-ring (bicyclic) bond motifs is 1. The highest BCUT2D eigenvalue weighted by molar-refractivity contribution is 6.33. The van der Waals surface area contributed by atoms with E-state index in [9.17, 15) is 4.79 Å². The summed E-state index contributed by atoms with van der Waals surface area (Å²) in [5, 5.41) is 3.39. The fourth-order valence-electron chi connectivity index (χ4n) is 2.82. The summed E-state index contributed by atoms with van der Waals surface area (Å²) in [5.41, 5.74) is 2.64. The van der Waals surface area contributed by atoms with Crippen LogP contribution in [-0.4, -0.2) is 22.0 Å². The molecule has 0 bridgehead atoms. The lowest BCUT2D eigenvalue weighted by molar-refractivity contribution is 0.0954. The molecule has 4 nitrogen and oxygen atoms in total. The monoisotopic (exact) mass is 341 g/mol. The van der Waals surface area contributed by atoms with E-state index in [1.165, 1.54) is 0 Å². The number of aryl methyl sites for hydroxylation is 1.